The summed E-state index contributed by atoms with van der Waals surface area (Å²) in [6, 6.07) is 7.49. The van der Waals surface area contributed by atoms with Gasteiger partial charge < -0.3 is 9.84 Å². The number of methoxy groups -OCH3 is 1. The van der Waals surface area contributed by atoms with Gasteiger partial charge in [-0.1, -0.05) is 17.7 Å². The zero-order chi connectivity index (χ0) is 13.4. The van der Waals surface area contributed by atoms with Crippen molar-refractivity contribution in [2.45, 2.75) is 57.3 Å². The van der Waals surface area contributed by atoms with Gasteiger partial charge in [0, 0.05) is 24.2 Å². The van der Waals surface area contributed by atoms with E-state index in [0.717, 1.165) is 25.1 Å². The molecule has 3 nitrogen and oxygen atoms in total. The standard InChI is InChI=1S/C16H23NO2/c1-11-3-6-16(19-2)12(7-11)10-17-13-4-5-14(17)9-15(18)8-13/h3,6-7,13-15,18H,4-5,8-10H2,1-2H3. The Bertz CT molecular complexity index is 446. The van der Waals surface area contributed by atoms with Crippen molar-refractivity contribution in [3.63, 3.8) is 0 Å². The van der Waals surface area contributed by atoms with Gasteiger partial charge in [-0.15, -0.1) is 0 Å². The van der Waals surface area contributed by atoms with Crippen LogP contribution in [0.3, 0.4) is 0 Å². The summed E-state index contributed by atoms with van der Waals surface area (Å²) >= 11 is 0. The van der Waals surface area contributed by atoms with Crippen molar-refractivity contribution in [2.24, 2.45) is 0 Å². The maximum Gasteiger partial charge on any atom is 0.123 e. The molecule has 2 fully saturated rings. The molecule has 0 aromatic heterocycles. The number of benzene rings is 1. The lowest BCUT2D eigenvalue weighted by atomic mass is 9.98. The van der Waals surface area contributed by atoms with Crippen molar-refractivity contribution in [3.8, 4) is 5.75 Å². The SMILES string of the molecule is COc1ccc(C)cc1CN1C2CCC1CC(O)C2. The summed E-state index contributed by atoms with van der Waals surface area (Å²) in [4.78, 5) is 2.57. The number of hydrogen-bond acceptors (Lipinski definition) is 3. The van der Waals surface area contributed by atoms with E-state index in [1.807, 2.05) is 0 Å². The van der Waals surface area contributed by atoms with Gasteiger partial charge in [0.05, 0.1) is 13.2 Å². The van der Waals surface area contributed by atoms with E-state index in [0.29, 0.717) is 12.1 Å². The number of ether oxygens (including phenoxy) is 1. The Morgan fingerprint density at radius 1 is 1.26 bits per heavy atom. The quantitative estimate of drug-likeness (QED) is 0.907. The molecule has 3 heteroatoms. The van der Waals surface area contributed by atoms with Crippen LogP contribution >= 0.6 is 0 Å². The number of rotatable bonds is 3. The molecule has 2 aliphatic heterocycles. The second kappa shape index (κ2) is 5.14. The maximum atomic E-state index is 9.87. The second-order valence-corrected chi connectivity index (χ2v) is 6.00. The first-order valence-corrected chi connectivity index (χ1v) is 7.24. The molecule has 104 valence electrons. The van der Waals surface area contributed by atoms with E-state index in [1.165, 1.54) is 24.0 Å². The number of nitrogens with zero attached hydrogens (tertiary/aromatic N) is 1. The van der Waals surface area contributed by atoms with Gasteiger partial charge in [0.25, 0.3) is 0 Å². The molecule has 2 unspecified atom stereocenters. The van der Waals surface area contributed by atoms with E-state index in [9.17, 15) is 5.11 Å². The van der Waals surface area contributed by atoms with Crippen LogP contribution in [-0.2, 0) is 6.54 Å². The van der Waals surface area contributed by atoms with Crippen LogP contribution in [0, 0.1) is 6.92 Å². The van der Waals surface area contributed by atoms with Crippen LogP contribution in [0.5, 0.6) is 5.75 Å². The van der Waals surface area contributed by atoms with Crippen molar-refractivity contribution < 1.29 is 9.84 Å². The Balaban J connectivity index is 1.80. The molecule has 0 spiro atoms. The minimum absolute atomic E-state index is 0.0897. The highest BCUT2D eigenvalue weighted by Gasteiger charge is 2.40. The van der Waals surface area contributed by atoms with Gasteiger partial charge >= 0.3 is 0 Å². The van der Waals surface area contributed by atoms with Crippen LogP contribution in [0.1, 0.15) is 36.8 Å². The molecule has 2 heterocycles. The van der Waals surface area contributed by atoms with Crippen LogP contribution < -0.4 is 4.74 Å². The molecular weight excluding hydrogens is 238 g/mol. The third kappa shape index (κ3) is 2.49. The van der Waals surface area contributed by atoms with Crippen molar-refractivity contribution in [1.82, 2.24) is 4.90 Å². The van der Waals surface area contributed by atoms with Gasteiger partial charge in [0.1, 0.15) is 5.75 Å². The van der Waals surface area contributed by atoms with Crippen molar-refractivity contribution >= 4 is 0 Å². The Hall–Kier alpha value is -1.06. The predicted molar refractivity (Wildman–Crippen MR) is 75.3 cm³/mol. The number of aliphatic hydroxyl groups is 1. The Labute approximate surface area is 115 Å². The van der Waals surface area contributed by atoms with Gasteiger partial charge in [-0.05, 0) is 38.7 Å². The largest absolute Gasteiger partial charge is 0.496 e. The van der Waals surface area contributed by atoms with E-state index in [1.54, 1.807) is 7.11 Å². The Morgan fingerprint density at radius 3 is 2.58 bits per heavy atom. The summed E-state index contributed by atoms with van der Waals surface area (Å²) in [5, 5.41) is 9.87. The normalized spacial score (nSPS) is 30.6. The topological polar surface area (TPSA) is 32.7 Å². The van der Waals surface area contributed by atoms with E-state index in [2.05, 4.69) is 30.0 Å². The zero-order valence-corrected chi connectivity index (χ0v) is 11.8. The highest BCUT2D eigenvalue weighted by Crippen LogP contribution is 2.37. The lowest BCUT2D eigenvalue weighted by Gasteiger charge is -2.37. The summed E-state index contributed by atoms with van der Waals surface area (Å²) < 4.78 is 5.48. The fourth-order valence-corrected chi connectivity index (χ4v) is 3.73. The van der Waals surface area contributed by atoms with Crippen LogP contribution in [0.4, 0.5) is 0 Å². The van der Waals surface area contributed by atoms with E-state index in [4.69, 9.17) is 4.74 Å². The third-order valence-corrected chi connectivity index (χ3v) is 4.65. The lowest BCUT2D eigenvalue weighted by Crippen LogP contribution is -2.44. The summed E-state index contributed by atoms with van der Waals surface area (Å²) in [7, 11) is 1.74. The van der Waals surface area contributed by atoms with E-state index < -0.39 is 0 Å². The molecule has 0 aliphatic carbocycles. The fourth-order valence-electron chi connectivity index (χ4n) is 3.73. The number of piperidine rings is 1. The fraction of sp³-hybridized carbons (Fsp3) is 0.625. The van der Waals surface area contributed by atoms with E-state index in [-0.39, 0.29) is 6.10 Å². The summed E-state index contributed by atoms with van der Waals surface area (Å²) in [6.45, 7) is 3.07. The molecule has 19 heavy (non-hydrogen) atoms. The monoisotopic (exact) mass is 261 g/mol. The molecule has 0 amide bonds. The van der Waals surface area contributed by atoms with Crippen LogP contribution in [0.25, 0.3) is 0 Å². The first-order chi connectivity index (χ1) is 9.17. The summed E-state index contributed by atoms with van der Waals surface area (Å²) in [6.07, 6.45) is 4.24. The van der Waals surface area contributed by atoms with Gasteiger partial charge in [-0.2, -0.15) is 0 Å². The smallest absolute Gasteiger partial charge is 0.123 e. The van der Waals surface area contributed by atoms with Crippen molar-refractivity contribution in [3.05, 3.63) is 29.3 Å². The van der Waals surface area contributed by atoms with Gasteiger partial charge in [-0.3, -0.25) is 4.90 Å². The van der Waals surface area contributed by atoms with Crippen molar-refractivity contribution in [2.75, 3.05) is 7.11 Å². The molecule has 1 aromatic rings. The molecule has 2 saturated heterocycles. The van der Waals surface area contributed by atoms with Crippen molar-refractivity contribution in [1.29, 1.82) is 0 Å². The Morgan fingerprint density at radius 2 is 1.95 bits per heavy atom. The van der Waals surface area contributed by atoms with Crippen LogP contribution in [-0.4, -0.2) is 35.3 Å². The van der Waals surface area contributed by atoms with Crippen LogP contribution in [0.15, 0.2) is 18.2 Å². The van der Waals surface area contributed by atoms with Gasteiger partial charge in [-0.25, -0.2) is 0 Å². The highest BCUT2D eigenvalue weighted by atomic mass is 16.5. The molecule has 1 aromatic carbocycles. The molecule has 2 aliphatic rings. The predicted octanol–water partition coefficient (Wildman–Crippen LogP) is 2.49. The maximum absolute atomic E-state index is 9.87. The summed E-state index contributed by atoms with van der Waals surface area (Å²) in [5.74, 6) is 0.983. The molecule has 2 bridgehead atoms. The average molecular weight is 261 g/mol. The number of hydrogen-bond donors (Lipinski definition) is 1. The number of fused-ring (bicyclic) bond motifs is 2. The minimum atomic E-state index is -0.0897. The molecule has 0 saturated carbocycles. The van der Waals surface area contributed by atoms with Gasteiger partial charge in [0.15, 0.2) is 0 Å². The summed E-state index contributed by atoms with van der Waals surface area (Å²) in [5.41, 5.74) is 2.55. The first kappa shape index (κ1) is 12.9. The second-order valence-electron chi connectivity index (χ2n) is 6.00. The number of aryl methyl sites for hydroxylation is 1. The Kier molecular flexibility index (Phi) is 3.50. The molecule has 1 N–H and O–H groups in total. The molecule has 2 atom stereocenters. The molecule has 3 rings (SSSR count). The van der Waals surface area contributed by atoms with Gasteiger partial charge in [0.2, 0.25) is 0 Å². The lowest BCUT2D eigenvalue weighted by molar-refractivity contribution is 0.0307. The molecule has 0 radical (unpaired) electrons. The number of aliphatic hydroxyl groups excluding tert-OH is 1. The van der Waals surface area contributed by atoms with Crippen LogP contribution in [0.2, 0.25) is 0 Å². The molecular formula is C16H23NO2. The highest BCUT2D eigenvalue weighted by molar-refractivity contribution is 5.37. The third-order valence-electron chi connectivity index (χ3n) is 4.65. The first-order valence-electron chi connectivity index (χ1n) is 7.24. The van der Waals surface area contributed by atoms with E-state index >= 15 is 0 Å². The average Bonchev–Trinajstić information content (AvgIpc) is 2.62. The minimum Gasteiger partial charge on any atom is -0.496 e. The zero-order valence-electron chi connectivity index (χ0n) is 11.8.